The van der Waals surface area contributed by atoms with Crippen LogP contribution in [0.25, 0.3) is 0 Å². The van der Waals surface area contributed by atoms with Gasteiger partial charge >= 0.3 is 0 Å². The molecule has 0 aliphatic rings. The minimum Gasteiger partial charge on any atom is -0.475 e. The van der Waals surface area contributed by atoms with E-state index in [0.29, 0.717) is 11.8 Å². The van der Waals surface area contributed by atoms with Crippen LogP contribution in [0.5, 0.6) is 5.88 Å². The molecular formula is C11H17NO3. The molecule has 4 nitrogen and oxygen atoms in total. The Kier molecular flexibility index (Phi) is 4.52. The minimum absolute atomic E-state index is 0.0606. The van der Waals surface area contributed by atoms with E-state index in [1.54, 1.807) is 6.07 Å². The zero-order valence-electron chi connectivity index (χ0n) is 9.05. The van der Waals surface area contributed by atoms with Gasteiger partial charge in [0.15, 0.2) is 0 Å². The van der Waals surface area contributed by atoms with Gasteiger partial charge in [-0.15, -0.1) is 0 Å². The summed E-state index contributed by atoms with van der Waals surface area (Å²) in [5.41, 5.74) is 0.950. The van der Waals surface area contributed by atoms with E-state index in [0.717, 1.165) is 5.69 Å². The molecule has 0 saturated carbocycles. The number of pyridine rings is 1. The summed E-state index contributed by atoms with van der Waals surface area (Å²) in [4.78, 5) is 4.26. The molecule has 0 aromatic carbocycles. The zero-order chi connectivity index (χ0) is 11.3. The fourth-order valence-electron chi connectivity index (χ4n) is 1.07. The quantitative estimate of drug-likeness (QED) is 0.760. The standard InChI is InChI=1S/C11H17NO3/c1-8(2)10-4-3-5-11(12-10)15-7-9(14)6-13/h3-5,8-9,13-14H,6-7H2,1-2H3/t9-/m1/s1. The van der Waals surface area contributed by atoms with Gasteiger partial charge in [-0.25, -0.2) is 4.98 Å². The van der Waals surface area contributed by atoms with E-state index in [-0.39, 0.29) is 13.2 Å². The molecule has 1 atom stereocenters. The van der Waals surface area contributed by atoms with Crippen LogP contribution >= 0.6 is 0 Å². The third-order valence-corrected chi connectivity index (χ3v) is 1.97. The van der Waals surface area contributed by atoms with Crippen molar-refractivity contribution in [2.45, 2.75) is 25.9 Å². The molecule has 0 aliphatic carbocycles. The SMILES string of the molecule is CC(C)c1cccc(OC[C@H](O)CO)n1. The number of ether oxygens (including phenoxy) is 1. The highest BCUT2D eigenvalue weighted by molar-refractivity contribution is 5.17. The van der Waals surface area contributed by atoms with E-state index >= 15 is 0 Å². The number of rotatable bonds is 5. The van der Waals surface area contributed by atoms with Crippen LogP contribution in [-0.4, -0.2) is 34.5 Å². The topological polar surface area (TPSA) is 62.6 Å². The van der Waals surface area contributed by atoms with Crippen LogP contribution in [-0.2, 0) is 0 Å². The third kappa shape index (κ3) is 3.85. The van der Waals surface area contributed by atoms with Crippen LogP contribution in [0.2, 0.25) is 0 Å². The van der Waals surface area contributed by atoms with E-state index in [1.165, 1.54) is 0 Å². The van der Waals surface area contributed by atoms with Crippen LogP contribution in [0.1, 0.15) is 25.5 Å². The monoisotopic (exact) mass is 211 g/mol. The summed E-state index contributed by atoms with van der Waals surface area (Å²) in [5.74, 6) is 0.824. The van der Waals surface area contributed by atoms with Gasteiger partial charge in [0.2, 0.25) is 5.88 Å². The number of nitrogens with zero attached hydrogens (tertiary/aromatic N) is 1. The van der Waals surface area contributed by atoms with E-state index in [1.807, 2.05) is 12.1 Å². The summed E-state index contributed by atoms with van der Waals surface area (Å²) in [6.45, 7) is 3.86. The smallest absolute Gasteiger partial charge is 0.213 e. The maximum Gasteiger partial charge on any atom is 0.213 e. The first-order valence-electron chi connectivity index (χ1n) is 5.02. The van der Waals surface area contributed by atoms with Gasteiger partial charge in [-0.1, -0.05) is 19.9 Å². The molecule has 1 heterocycles. The van der Waals surface area contributed by atoms with Gasteiger partial charge in [0, 0.05) is 11.8 Å². The van der Waals surface area contributed by atoms with E-state index in [4.69, 9.17) is 14.9 Å². The molecule has 1 aromatic heterocycles. The zero-order valence-corrected chi connectivity index (χ0v) is 9.05. The lowest BCUT2D eigenvalue weighted by Crippen LogP contribution is -2.21. The Bertz CT molecular complexity index is 302. The van der Waals surface area contributed by atoms with E-state index in [9.17, 15) is 0 Å². The molecule has 0 fully saturated rings. The molecule has 2 N–H and O–H groups in total. The summed E-state index contributed by atoms with van der Waals surface area (Å²) in [7, 11) is 0. The van der Waals surface area contributed by atoms with Crippen LogP contribution in [0.4, 0.5) is 0 Å². The maximum atomic E-state index is 9.09. The van der Waals surface area contributed by atoms with Crippen molar-refractivity contribution < 1.29 is 14.9 Å². The predicted octanol–water partition coefficient (Wildman–Crippen LogP) is 0.937. The molecule has 1 rings (SSSR count). The summed E-state index contributed by atoms with van der Waals surface area (Å²) in [5, 5.41) is 17.7. The minimum atomic E-state index is -0.852. The summed E-state index contributed by atoms with van der Waals surface area (Å²) >= 11 is 0. The molecule has 0 radical (unpaired) electrons. The van der Waals surface area contributed by atoms with Crippen molar-refractivity contribution in [1.29, 1.82) is 0 Å². The fourth-order valence-corrected chi connectivity index (χ4v) is 1.07. The Morgan fingerprint density at radius 2 is 2.13 bits per heavy atom. The molecule has 0 unspecified atom stereocenters. The predicted molar refractivity (Wildman–Crippen MR) is 56.9 cm³/mol. The van der Waals surface area contributed by atoms with Crippen molar-refractivity contribution in [3.63, 3.8) is 0 Å². The second-order valence-electron chi connectivity index (χ2n) is 3.70. The fraction of sp³-hybridized carbons (Fsp3) is 0.545. The van der Waals surface area contributed by atoms with E-state index < -0.39 is 6.10 Å². The molecule has 0 bridgehead atoms. The Labute approximate surface area is 89.5 Å². The van der Waals surface area contributed by atoms with Crippen molar-refractivity contribution in [3.8, 4) is 5.88 Å². The first-order chi connectivity index (χ1) is 7.13. The van der Waals surface area contributed by atoms with Gasteiger partial charge in [-0.2, -0.15) is 0 Å². The molecule has 1 aromatic rings. The average Bonchev–Trinajstić information content (AvgIpc) is 2.26. The van der Waals surface area contributed by atoms with Gasteiger partial charge in [-0.3, -0.25) is 0 Å². The second-order valence-corrected chi connectivity index (χ2v) is 3.70. The van der Waals surface area contributed by atoms with Gasteiger partial charge < -0.3 is 14.9 Å². The van der Waals surface area contributed by atoms with Crippen molar-refractivity contribution in [1.82, 2.24) is 4.98 Å². The lowest BCUT2D eigenvalue weighted by Gasteiger charge is -2.10. The van der Waals surface area contributed by atoms with Gasteiger partial charge in [0.05, 0.1) is 6.61 Å². The van der Waals surface area contributed by atoms with Crippen LogP contribution < -0.4 is 4.74 Å². The third-order valence-electron chi connectivity index (χ3n) is 1.97. The lowest BCUT2D eigenvalue weighted by molar-refractivity contribution is 0.0520. The molecule has 4 heteroatoms. The van der Waals surface area contributed by atoms with Crippen molar-refractivity contribution in [2.24, 2.45) is 0 Å². The first-order valence-corrected chi connectivity index (χ1v) is 5.02. The second kappa shape index (κ2) is 5.68. The number of aromatic nitrogens is 1. The van der Waals surface area contributed by atoms with Crippen molar-refractivity contribution in [2.75, 3.05) is 13.2 Å². The largest absolute Gasteiger partial charge is 0.475 e. The number of aliphatic hydroxyl groups is 2. The first kappa shape index (κ1) is 11.9. The molecule has 15 heavy (non-hydrogen) atoms. The van der Waals surface area contributed by atoms with E-state index in [2.05, 4.69) is 18.8 Å². The number of hydrogen-bond donors (Lipinski definition) is 2. The normalized spacial score (nSPS) is 12.9. The van der Waals surface area contributed by atoms with Gasteiger partial charge in [0.25, 0.3) is 0 Å². The summed E-state index contributed by atoms with van der Waals surface area (Å²) in [6.07, 6.45) is -0.852. The Morgan fingerprint density at radius 3 is 2.73 bits per heavy atom. The molecule has 0 aliphatic heterocycles. The molecule has 84 valence electrons. The number of aliphatic hydroxyl groups excluding tert-OH is 2. The highest BCUT2D eigenvalue weighted by Gasteiger charge is 2.05. The van der Waals surface area contributed by atoms with Gasteiger partial charge in [-0.05, 0) is 12.0 Å². The Hall–Kier alpha value is -1.13. The average molecular weight is 211 g/mol. The van der Waals surface area contributed by atoms with Crippen molar-refractivity contribution in [3.05, 3.63) is 23.9 Å². The molecular weight excluding hydrogens is 194 g/mol. The maximum absolute atomic E-state index is 9.09. The van der Waals surface area contributed by atoms with Crippen molar-refractivity contribution >= 4 is 0 Å². The molecule has 0 saturated heterocycles. The molecule has 0 spiro atoms. The van der Waals surface area contributed by atoms with Crippen LogP contribution in [0, 0.1) is 0 Å². The Balaban J connectivity index is 2.58. The number of hydrogen-bond acceptors (Lipinski definition) is 4. The van der Waals surface area contributed by atoms with Gasteiger partial charge in [0.1, 0.15) is 12.7 Å². The highest BCUT2D eigenvalue weighted by atomic mass is 16.5. The van der Waals surface area contributed by atoms with Crippen LogP contribution in [0.3, 0.4) is 0 Å². The lowest BCUT2D eigenvalue weighted by atomic mass is 10.1. The van der Waals surface area contributed by atoms with Crippen LogP contribution in [0.15, 0.2) is 18.2 Å². The highest BCUT2D eigenvalue weighted by Crippen LogP contribution is 2.15. The summed E-state index contributed by atoms with van der Waals surface area (Å²) < 4.78 is 5.23. The summed E-state index contributed by atoms with van der Waals surface area (Å²) in [6, 6.07) is 5.53. The molecule has 0 amide bonds. The Morgan fingerprint density at radius 1 is 1.40 bits per heavy atom.